The first-order valence-electron chi connectivity index (χ1n) is 5.87. The minimum absolute atomic E-state index is 0.0746. The average molecular weight is 338 g/mol. The third kappa shape index (κ3) is 2.53. The summed E-state index contributed by atoms with van der Waals surface area (Å²) in [4.78, 5) is 23.7. The number of carbonyl (C=O) groups excluding carboxylic acids is 1. The van der Waals surface area contributed by atoms with Crippen LogP contribution < -0.4 is 5.32 Å². The third-order valence-corrected chi connectivity index (χ3v) is 5.37. The summed E-state index contributed by atoms with van der Waals surface area (Å²) in [7, 11) is 0. The van der Waals surface area contributed by atoms with Crippen LogP contribution in [0, 0.1) is 0 Å². The van der Waals surface area contributed by atoms with Crippen molar-refractivity contribution in [2.75, 3.05) is 5.32 Å². The molecule has 3 aromatic rings. The van der Waals surface area contributed by atoms with Crippen LogP contribution in [-0.4, -0.2) is 17.0 Å². The number of halogens is 1. The highest BCUT2D eigenvalue weighted by Crippen LogP contribution is 2.36. The fourth-order valence-corrected chi connectivity index (χ4v) is 4.08. The van der Waals surface area contributed by atoms with E-state index in [1.807, 2.05) is 24.3 Å². The first-order chi connectivity index (χ1) is 10.1. The van der Waals surface area contributed by atoms with E-state index in [9.17, 15) is 9.59 Å². The first-order valence-corrected chi connectivity index (χ1v) is 7.94. The van der Waals surface area contributed by atoms with Crippen LogP contribution in [0.3, 0.4) is 0 Å². The van der Waals surface area contributed by atoms with Crippen molar-refractivity contribution in [3.05, 3.63) is 51.2 Å². The molecule has 4 nitrogen and oxygen atoms in total. The monoisotopic (exact) mass is 337 g/mol. The van der Waals surface area contributed by atoms with Crippen molar-refractivity contribution < 1.29 is 14.7 Å². The van der Waals surface area contributed by atoms with Crippen LogP contribution >= 0.6 is 34.3 Å². The Kier molecular flexibility index (Phi) is 3.67. The maximum atomic E-state index is 12.3. The maximum Gasteiger partial charge on any atom is 0.338 e. The molecule has 0 atom stereocenters. The van der Waals surface area contributed by atoms with E-state index in [0.29, 0.717) is 14.9 Å². The van der Waals surface area contributed by atoms with Crippen LogP contribution in [-0.2, 0) is 0 Å². The number of benzene rings is 1. The van der Waals surface area contributed by atoms with E-state index < -0.39 is 11.9 Å². The van der Waals surface area contributed by atoms with Gasteiger partial charge in [0.05, 0.1) is 10.6 Å². The zero-order chi connectivity index (χ0) is 15.0. The largest absolute Gasteiger partial charge is 0.478 e. The number of carboxylic acids is 1. The molecule has 1 aromatic carbocycles. The maximum absolute atomic E-state index is 12.3. The van der Waals surface area contributed by atoms with Crippen LogP contribution in [0.25, 0.3) is 10.1 Å². The Balaban J connectivity index is 1.96. The van der Waals surface area contributed by atoms with E-state index in [1.54, 1.807) is 5.38 Å². The summed E-state index contributed by atoms with van der Waals surface area (Å²) in [5.74, 6) is -1.47. The first kappa shape index (κ1) is 14.1. The summed E-state index contributed by atoms with van der Waals surface area (Å²) in [5.41, 5.74) is 0.0746. The smallest absolute Gasteiger partial charge is 0.338 e. The fraction of sp³-hybridized carbons (Fsp3) is 0. The molecule has 7 heteroatoms. The number of thiophene rings is 2. The number of carboxylic acid groups (broad SMARTS) is 1. The van der Waals surface area contributed by atoms with Crippen molar-refractivity contribution in [2.45, 2.75) is 0 Å². The summed E-state index contributed by atoms with van der Waals surface area (Å²) in [5, 5.41) is 14.8. The van der Waals surface area contributed by atoms with Crippen molar-refractivity contribution in [1.82, 2.24) is 0 Å². The minimum Gasteiger partial charge on any atom is -0.478 e. The Bertz CT molecular complexity index is 853. The van der Waals surface area contributed by atoms with Crippen LogP contribution in [0.5, 0.6) is 0 Å². The molecule has 2 aromatic heterocycles. The third-order valence-electron chi connectivity index (χ3n) is 2.86. The lowest BCUT2D eigenvalue weighted by Crippen LogP contribution is -2.12. The summed E-state index contributed by atoms with van der Waals surface area (Å²) in [6.45, 7) is 0. The number of nitrogens with one attached hydrogen (secondary N) is 1. The van der Waals surface area contributed by atoms with Gasteiger partial charge in [0.1, 0.15) is 9.88 Å². The van der Waals surface area contributed by atoms with Crippen molar-refractivity contribution in [2.24, 2.45) is 0 Å². The van der Waals surface area contributed by atoms with E-state index in [1.165, 1.54) is 17.4 Å². The molecule has 0 radical (unpaired) electrons. The zero-order valence-corrected chi connectivity index (χ0v) is 12.8. The van der Waals surface area contributed by atoms with Crippen LogP contribution in [0.2, 0.25) is 5.02 Å². The van der Waals surface area contributed by atoms with Gasteiger partial charge in [-0.05, 0) is 17.5 Å². The van der Waals surface area contributed by atoms with Crippen molar-refractivity contribution in [3.63, 3.8) is 0 Å². The number of hydrogen-bond donors (Lipinski definition) is 2. The SMILES string of the molecule is O=C(O)c1ccsc1NC(=O)c1sc2ccccc2c1Cl. The molecule has 0 unspecified atom stereocenters. The topological polar surface area (TPSA) is 66.4 Å². The summed E-state index contributed by atoms with van der Waals surface area (Å²) < 4.78 is 0.914. The molecule has 0 saturated carbocycles. The Morgan fingerprint density at radius 3 is 2.67 bits per heavy atom. The molecule has 21 heavy (non-hydrogen) atoms. The lowest BCUT2D eigenvalue weighted by atomic mass is 10.2. The molecule has 0 fully saturated rings. The van der Waals surface area contributed by atoms with Gasteiger partial charge in [-0.25, -0.2) is 4.79 Å². The van der Waals surface area contributed by atoms with E-state index in [2.05, 4.69) is 5.32 Å². The number of hydrogen-bond acceptors (Lipinski definition) is 4. The van der Waals surface area contributed by atoms with Gasteiger partial charge in [0.2, 0.25) is 0 Å². The van der Waals surface area contributed by atoms with Crippen LogP contribution in [0.15, 0.2) is 35.7 Å². The van der Waals surface area contributed by atoms with Gasteiger partial charge in [-0.2, -0.15) is 0 Å². The van der Waals surface area contributed by atoms with Gasteiger partial charge in [-0.1, -0.05) is 29.8 Å². The van der Waals surface area contributed by atoms with Gasteiger partial charge in [0.25, 0.3) is 5.91 Å². The summed E-state index contributed by atoms with van der Waals surface area (Å²) in [6, 6.07) is 8.91. The minimum atomic E-state index is -1.08. The molecule has 0 aliphatic rings. The normalized spacial score (nSPS) is 10.7. The van der Waals surface area contributed by atoms with E-state index in [0.717, 1.165) is 21.4 Å². The van der Waals surface area contributed by atoms with Gasteiger partial charge in [0.15, 0.2) is 0 Å². The van der Waals surface area contributed by atoms with Gasteiger partial charge >= 0.3 is 5.97 Å². The molecule has 2 heterocycles. The van der Waals surface area contributed by atoms with Crippen molar-refractivity contribution in [1.29, 1.82) is 0 Å². The standard InChI is InChI=1S/C14H8ClNO3S2/c15-10-7-3-1-2-4-9(7)21-11(10)12(17)16-13-8(14(18)19)5-6-20-13/h1-6H,(H,16,17)(H,18,19). The quantitative estimate of drug-likeness (QED) is 0.735. The van der Waals surface area contributed by atoms with Crippen LogP contribution in [0.1, 0.15) is 20.0 Å². The lowest BCUT2D eigenvalue weighted by Gasteiger charge is -2.02. The second kappa shape index (κ2) is 5.48. The molecule has 0 spiro atoms. The molecule has 0 aliphatic carbocycles. The highest BCUT2D eigenvalue weighted by Gasteiger charge is 2.20. The highest BCUT2D eigenvalue weighted by atomic mass is 35.5. The zero-order valence-electron chi connectivity index (χ0n) is 10.4. The summed E-state index contributed by atoms with van der Waals surface area (Å²) in [6.07, 6.45) is 0. The molecule has 0 aliphatic heterocycles. The lowest BCUT2D eigenvalue weighted by molar-refractivity contribution is 0.0698. The Morgan fingerprint density at radius 2 is 1.95 bits per heavy atom. The number of anilines is 1. The Labute approximate surface area is 132 Å². The number of amides is 1. The second-order valence-corrected chi connectivity index (χ2v) is 6.51. The molecule has 3 rings (SSSR count). The molecule has 0 bridgehead atoms. The summed E-state index contributed by atoms with van der Waals surface area (Å²) >= 11 is 8.67. The second-order valence-electron chi connectivity index (χ2n) is 4.16. The fourth-order valence-electron chi connectivity index (χ4n) is 1.89. The number of fused-ring (bicyclic) bond motifs is 1. The van der Waals surface area contributed by atoms with E-state index in [4.69, 9.17) is 16.7 Å². The predicted molar refractivity (Wildman–Crippen MR) is 86.1 cm³/mol. The van der Waals surface area contributed by atoms with Gasteiger partial charge in [-0.3, -0.25) is 4.79 Å². The van der Waals surface area contributed by atoms with Gasteiger partial charge in [-0.15, -0.1) is 22.7 Å². The number of rotatable bonds is 3. The highest BCUT2D eigenvalue weighted by molar-refractivity contribution is 7.22. The number of carbonyl (C=O) groups is 2. The van der Waals surface area contributed by atoms with Crippen LogP contribution in [0.4, 0.5) is 5.00 Å². The Morgan fingerprint density at radius 1 is 1.19 bits per heavy atom. The van der Waals surface area contributed by atoms with Gasteiger partial charge < -0.3 is 10.4 Å². The molecular weight excluding hydrogens is 330 g/mol. The molecule has 0 saturated heterocycles. The predicted octanol–water partition coefficient (Wildman–Crippen LogP) is 4.57. The molecule has 2 N–H and O–H groups in total. The molecule has 1 amide bonds. The molecule has 106 valence electrons. The van der Waals surface area contributed by atoms with Crippen molar-refractivity contribution >= 4 is 61.2 Å². The average Bonchev–Trinajstić information content (AvgIpc) is 3.04. The number of aromatic carboxylic acids is 1. The van der Waals surface area contributed by atoms with Crippen molar-refractivity contribution in [3.8, 4) is 0 Å². The van der Waals surface area contributed by atoms with Gasteiger partial charge in [0, 0.05) is 10.1 Å². The van der Waals surface area contributed by atoms with E-state index >= 15 is 0 Å². The molecular formula is C14H8ClNO3S2. The van der Waals surface area contributed by atoms with E-state index in [-0.39, 0.29) is 5.56 Å². The Hall–Kier alpha value is -1.89.